The molecule has 0 saturated heterocycles. The zero-order valence-corrected chi connectivity index (χ0v) is 8.23. The van der Waals surface area contributed by atoms with Gasteiger partial charge in [-0.05, 0) is 0 Å². The highest BCUT2D eigenvalue weighted by molar-refractivity contribution is 7.81. The van der Waals surface area contributed by atoms with Crippen LogP contribution in [0.4, 0.5) is 0 Å². The fraction of sp³-hybridized carbons (Fsp3) is 1.00. The van der Waals surface area contributed by atoms with E-state index in [0.717, 1.165) is 0 Å². The molecule has 6 heteroatoms. The second kappa shape index (κ2) is 6.64. The summed E-state index contributed by atoms with van der Waals surface area (Å²) in [5, 5.41) is 5.14. The van der Waals surface area contributed by atoms with Gasteiger partial charge in [0, 0.05) is 33.3 Å². The van der Waals surface area contributed by atoms with E-state index in [-0.39, 0.29) is 0 Å². The Morgan fingerprint density at radius 3 is 1.92 bits per heavy atom. The Morgan fingerprint density at radius 2 is 1.67 bits per heavy atom. The number of methoxy groups -OCH3 is 1. The van der Waals surface area contributed by atoms with Crippen molar-refractivity contribution >= 4 is 12.6 Å². The first-order valence-electron chi connectivity index (χ1n) is 3.86. The second-order valence-electron chi connectivity index (χ2n) is 2.28. The summed E-state index contributed by atoms with van der Waals surface area (Å²) >= 11 is 4.23. The molecule has 0 aromatic carbocycles. The summed E-state index contributed by atoms with van der Waals surface area (Å²) in [4.78, 5) is 0. The summed E-state index contributed by atoms with van der Waals surface area (Å²) in [5.41, 5.74) is 10.6. The summed E-state index contributed by atoms with van der Waals surface area (Å²) in [6, 6.07) is 0. The molecule has 0 atom stereocenters. The molecule has 0 bridgehead atoms. The van der Waals surface area contributed by atoms with Crippen LogP contribution in [0.3, 0.4) is 0 Å². The molecule has 0 amide bonds. The fourth-order valence-corrected chi connectivity index (χ4v) is 0.914. The lowest BCUT2D eigenvalue weighted by Crippen LogP contribution is -2.56. The Labute approximate surface area is 78.6 Å². The number of hydrogen-bond donors (Lipinski definition) is 5. The third-order valence-electron chi connectivity index (χ3n) is 1.31. The van der Waals surface area contributed by atoms with Crippen molar-refractivity contribution < 1.29 is 4.74 Å². The molecule has 0 unspecified atom stereocenters. The van der Waals surface area contributed by atoms with Crippen molar-refractivity contribution in [1.29, 1.82) is 0 Å². The van der Waals surface area contributed by atoms with Crippen molar-refractivity contribution in [3.63, 3.8) is 0 Å². The monoisotopic (exact) mass is 194 g/mol. The van der Waals surface area contributed by atoms with E-state index in [4.69, 9.17) is 16.2 Å². The van der Waals surface area contributed by atoms with Crippen LogP contribution < -0.4 is 22.1 Å². The average molecular weight is 194 g/mol. The fourth-order valence-electron chi connectivity index (χ4n) is 0.690. The van der Waals surface area contributed by atoms with Crippen molar-refractivity contribution in [3.05, 3.63) is 0 Å². The van der Waals surface area contributed by atoms with Crippen LogP contribution in [0.2, 0.25) is 0 Å². The quantitative estimate of drug-likeness (QED) is 0.246. The van der Waals surface area contributed by atoms with Gasteiger partial charge in [0.25, 0.3) is 0 Å². The Kier molecular flexibility index (Phi) is 6.73. The second-order valence-corrected chi connectivity index (χ2v) is 2.91. The van der Waals surface area contributed by atoms with Crippen LogP contribution in [0.25, 0.3) is 0 Å². The van der Waals surface area contributed by atoms with Gasteiger partial charge in [0.05, 0.1) is 0 Å². The van der Waals surface area contributed by atoms with E-state index in [1.54, 1.807) is 7.11 Å². The lowest BCUT2D eigenvalue weighted by molar-refractivity contribution is 0.0171. The van der Waals surface area contributed by atoms with E-state index in [1.807, 2.05) is 0 Å². The first kappa shape index (κ1) is 12.2. The van der Waals surface area contributed by atoms with Gasteiger partial charge in [-0.3, -0.25) is 10.6 Å². The highest BCUT2D eigenvalue weighted by atomic mass is 32.1. The van der Waals surface area contributed by atoms with E-state index in [9.17, 15) is 0 Å². The summed E-state index contributed by atoms with van der Waals surface area (Å²) in [5.74, 6) is 0. The topological polar surface area (TPSA) is 85.3 Å². The van der Waals surface area contributed by atoms with Gasteiger partial charge in [-0.2, -0.15) is 0 Å². The number of thiol groups is 1. The number of ether oxygens (including phenoxy) is 1. The van der Waals surface area contributed by atoms with Crippen LogP contribution >= 0.6 is 12.6 Å². The van der Waals surface area contributed by atoms with E-state index < -0.39 is 5.18 Å². The number of hydrogen-bond acceptors (Lipinski definition) is 6. The standard InChI is InChI=1S/C6H18N4OS/c1-11-6(12,9-4-2-7)10-5-3-8/h9-10,12H,2-5,7-8H2,1H3. The zero-order chi connectivity index (χ0) is 9.45. The predicted molar refractivity (Wildman–Crippen MR) is 52.8 cm³/mol. The van der Waals surface area contributed by atoms with Gasteiger partial charge in [-0.1, -0.05) is 0 Å². The third kappa shape index (κ3) is 4.91. The highest BCUT2D eigenvalue weighted by Gasteiger charge is 2.21. The zero-order valence-electron chi connectivity index (χ0n) is 7.34. The van der Waals surface area contributed by atoms with Crippen LogP contribution in [-0.2, 0) is 4.74 Å². The molecule has 0 aliphatic heterocycles. The van der Waals surface area contributed by atoms with Crippen LogP contribution in [0.1, 0.15) is 0 Å². The molecule has 0 saturated carbocycles. The van der Waals surface area contributed by atoms with Gasteiger partial charge in [-0.25, -0.2) is 0 Å². The minimum Gasteiger partial charge on any atom is -0.342 e. The minimum atomic E-state index is -0.821. The van der Waals surface area contributed by atoms with Crippen LogP contribution in [0.5, 0.6) is 0 Å². The van der Waals surface area contributed by atoms with Crippen LogP contribution in [0.15, 0.2) is 0 Å². The molecule has 5 nitrogen and oxygen atoms in total. The Morgan fingerprint density at radius 1 is 1.25 bits per heavy atom. The van der Waals surface area contributed by atoms with Crippen molar-refractivity contribution in [1.82, 2.24) is 10.6 Å². The molecule has 0 rings (SSSR count). The van der Waals surface area contributed by atoms with Crippen molar-refractivity contribution in [2.45, 2.75) is 5.18 Å². The molecular formula is C6H18N4OS. The maximum absolute atomic E-state index is 5.31. The van der Waals surface area contributed by atoms with Gasteiger partial charge in [-0.15, -0.1) is 12.6 Å². The van der Waals surface area contributed by atoms with E-state index in [2.05, 4.69) is 23.3 Å². The Bertz CT molecular complexity index is 106. The molecule has 0 aromatic heterocycles. The molecule has 6 N–H and O–H groups in total. The molecule has 0 radical (unpaired) electrons. The van der Waals surface area contributed by atoms with Gasteiger partial charge in [0.15, 0.2) is 0 Å². The van der Waals surface area contributed by atoms with E-state index >= 15 is 0 Å². The molecule has 74 valence electrons. The van der Waals surface area contributed by atoms with Crippen LogP contribution in [0, 0.1) is 0 Å². The normalized spacial score (nSPS) is 12.0. The maximum atomic E-state index is 5.31. The first-order valence-corrected chi connectivity index (χ1v) is 4.31. The molecule has 12 heavy (non-hydrogen) atoms. The van der Waals surface area contributed by atoms with Gasteiger partial charge in [0.2, 0.25) is 5.18 Å². The smallest absolute Gasteiger partial charge is 0.222 e. The van der Waals surface area contributed by atoms with Crippen molar-refractivity contribution in [2.24, 2.45) is 11.5 Å². The predicted octanol–water partition coefficient (Wildman–Crippen LogP) is -1.73. The molecular weight excluding hydrogens is 176 g/mol. The SMILES string of the molecule is COC(S)(NCCN)NCCN. The van der Waals surface area contributed by atoms with Gasteiger partial charge in [0.1, 0.15) is 0 Å². The summed E-state index contributed by atoms with van der Waals surface area (Å²) < 4.78 is 5.07. The Hall–Kier alpha value is 0.150. The van der Waals surface area contributed by atoms with E-state index in [1.165, 1.54) is 0 Å². The maximum Gasteiger partial charge on any atom is 0.222 e. The number of nitrogens with two attached hydrogens (primary N) is 2. The third-order valence-corrected chi connectivity index (χ3v) is 1.81. The van der Waals surface area contributed by atoms with Crippen LogP contribution in [-0.4, -0.2) is 38.5 Å². The number of nitrogens with one attached hydrogen (secondary N) is 2. The van der Waals surface area contributed by atoms with Crippen molar-refractivity contribution in [3.8, 4) is 0 Å². The molecule has 0 spiro atoms. The molecule has 0 aliphatic rings. The molecule has 0 aromatic rings. The largest absolute Gasteiger partial charge is 0.342 e. The molecule has 0 fully saturated rings. The minimum absolute atomic E-state index is 0.538. The first-order chi connectivity index (χ1) is 5.68. The average Bonchev–Trinajstić information content (AvgIpc) is 2.11. The van der Waals surface area contributed by atoms with Gasteiger partial charge >= 0.3 is 0 Å². The highest BCUT2D eigenvalue weighted by Crippen LogP contribution is 2.04. The summed E-state index contributed by atoms with van der Waals surface area (Å²) in [6.07, 6.45) is 0. The molecule has 0 aliphatic carbocycles. The van der Waals surface area contributed by atoms with Crippen molar-refractivity contribution in [2.75, 3.05) is 33.3 Å². The summed E-state index contributed by atoms with van der Waals surface area (Å²) in [6.45, 7) is 2.34. The Balaban J connectivity index is 3.70. The molecule has 0 heterocycles. The lowest BCUT2D eigenvalue weighted by atomic mass is 10.6. The van der Waals surface area contributed by atoms with Gasteiger partial charge < -0.3 is 16.2 Å². The lowest BCUT2D eigenvalue weighted by Gasteiger charge is -2.28. The van der Waals surface area contributed by atoms with E-state index in [0.29, 0.717) is 26.2 Å². The summed E-state index contributed by atoms with van der Waals surface area (Å²) in [7, 11) is 1.56. The number of rotatable bonds is 7.